The normalized spacial score (nSPS) is 16.2. The third-order valence-electron chi connectivity index (χ3n) is 3.74. The summed E-state index contributed by atoms with van der Waals surface area (Å²) in [5, 5.41) is 3.01. The largest absolute Gasteiger partial charge is 0.366 e. The van der Waals surface area contributed by atoms with Crippen molar-refractivity contribution in [3.63, 3.8) is 0 Å². The number of carbonyl (C=O) groups excluding carboxylic acids is 2. The highest BCUT2D eigenvalue weighted by atomic mass is 35.5. The fraction of sp³-hybridized carbons (Fsp3) is 0.429. The summed E-state index contributed by atoms with van der Waals surface area (Å²) < 4.78 is 0. The minimum absolute atomic E-state index is 0. The van der Waals surface area contributed by atoms with E-state index < -0.39 is 5.91 Å². The molecule has 0 radical (unpaired) electrons. The number of carbonyl (C=O) groups is 2. The third kappa shape index (κ3) is 3.49. The van der Waals surface area contributed by atoms with Crippen molar-refractivity contribution in [2.24, 2.45) is 11.5 Å². The van der Waals surface area contributed by atoms with Crippen LogP contribution in [0.5, 0.6) is 0 Å². The van der Waals surface area contributed by atoms with Crippen molar-refractivity contribution in [2.45, 2.75) is 31.2 Å². The number of halogens is 1. The third-order valence-corrected chi connectivity index (χ3v) is 3.74. The van der Waals surface area contributed by atoms with Gasteiger partial charge in [-0.1, -0.05) is 18.9 Å². The average molecular weight is 298 g/mol. The zero-order chi connectivity index (χ0) is 13.9. The topological polar surface area (TPSA) is 98.2 Å². The molecule has 1 saturated carbocycles. The van der Waals surface area contributed by atoms with Crippen LogP contribution in [0, 0.1) is 0 Å². The summed E-state index contributed by atoms with van der Waals surface area (Å²) in [4.78, 5) is 23.3. The molecule has 0 heterocycles. The summed E-state index contributed by atoms with van der Waals surface area (Å²) in [7, 11) is 0. The number of primary amides is 1. The molecule has 0 spiro atoms. The van der Waals surface area contributed by atoms with E-state index in [4.69, 9.17) is 11.5 Å². The molecule has 0 unspecified atom stereocenters. The number of hydrogen-bond donors (Lipinski definition) is 3. The molecule has 1 aliphatic rings. The first-order valence-electron chi connectivity index (χ1n) is 6.49. The molecule has 0 saturated heterocycles. The van der Waals surface area contributed by atoms with E-state index in [1.54, 1.807) is 18.2 Å². The highest BCUT2D eigenvalue weighted by molar-refractivity contribution is 5.99. The maximum absolute atomic E-state index is 12.2. The number of hydrogen-bond acceptors (Lipinski definition) is 3. The van der Waals surface area contributed by atoms with Crippen molar-refractivity contribution in [3.8, 4) is 0 Å². The van der Waals surface area contributed by atoms with Gasteiger partial charge in [-0.3, -0.25) is 9.59 Å². The van der Waals surface area contributed by atoms with Gasteiger partial charge in [0.25, 0.3) is 5.91 Å². The van der Waals surface area contributed by atoms with Crippen molar-refractivity contribution < 1.29 is 9.59 Å². The SMILES string of the molecule is Cl.NCC1(NC(=O)c2cccc(C(N)=O)c2)CCCC1. The van der Waals surface area contributed by atoms with Crippen LogP contribution in [0.3, 0.4) is 0 Å². The average Bonchev–Trinajstić information content (AvgIpc) is 2.88. The molecule has 6 heteroatoms. The van der Waals surface area contributed by atoms with Gasteiger partial charge >= 0.3 is 0 Å². The van der Waals surface area contributed by atoms with E-state index in [1.165, 1.54) is 6.07 Å². The molecule has 2 rings (SSSR count). The maximum Gasteiger partial charge on any atom is 0.251 e. The molecular weight excluding hydrogens is 278 g/mol. The van der Waals surface area contributed by atoms with Crippen LogP contribution in [0.1, 0.15) is 46.4 Å². The van der Waals surface area contributed by atoms with E-state index in [1.807, 2.05) is 0 Å². The van der Waals surface area contributed by atoms with Crippen molar-refractivity contribution >= 4 is 24.2 Å². The molecule has 0 aliphatic heterocycles. The summed E-state index contributed by atoms with van der Waals surface area (Å²) in [5.41, 5.74) is 11.5. The van der Waals surface area contributed by atoms with E-state index in [2.05, 4.69) is 5.32 Å². The summed E-state index contributed by atoms with van der Waals surface area (Å²) in [6.45, 7) is 0.439. The fourth-order valence-corrected chi connectivity index (χ4v) is 2.56. The Balaban J connectivity index is 0.00000200. The van der Waals surface area contributed by atoms with E-state index in [0.29, 0.717) is 17.7 Å². The molecule has 1 aromatic carbocycles. The number of rotatable bonds is 4. The van der Waals surface area contributed by atoms with Crippen molar-refractivity contribution in [1.29, 1.82) is 0 Å². The molecule has 2 amide bonds. The van der Waals surface area contributed by atoms with Gasteiger partial charge in [-0.15, -0.1) is 12.4 Å². The quantitative estimate of drug-likeness (QED) is 0.779. The Morgan fingerprint density at radius 2 is 1.80 bits per heavy atom. The Morgan fingerprint density at radius 1 is 1.20 bits per heavy atom. The van der Waals surface area contributed by atoms with Crippen molar-refractivity contribution in [3.05, 3.63) is 35.4 Å². The summed E-state index contributed by atoms with van der Waals surface area (Å²) in [6.07, 6.45) is 3.98. The summed E-state index contributed by atoms with van der Waals surface area (Å²) in [6, 6.07) is 6.42. The van der Waals surface area contributed by atoms with Gasteiger partial charge in [0.15, 0.2) is 0 Å². The molecule has 1 fully saturated rings. The molecule has 1 aliphatic carbocycles. The van der Waals surface area contributed by atoms with Crippen LogP contribution in [0.4, 0.5) is 0 Å². The number of nitrogens with two attached hydrogens (primary N) is 2. The van der Waals surface area contributed by atoms with Crippen molar-refractivity contribution in [1.82, 2.24) is 5.32 Å². The van der Waals surface area contributed by atoms with Gasteiger partial charge in [0.2, 0.25) is 5.91 Å². The Morgan fingerprint density at radius 3 is 2.35 bits per heavy atom. The molecule has 0 aromatic heterocycles. The number of nitrogens with one attached hydrogen (secondary N) is 1. The second-order valence-electron chi connectivity index (χ2n) is 5.09. The van der Waals surface area contributed by atoms with Crippen LogP contribution in [-0.2, 0) is 0 Å². The Hall–Kier alpha value is -1.59. The lowest BCUT2D eigenvalue weighted by atomic mass is 9.97. The van der Waals surface area contributed by atoms with Crippen LogP contribution in [0.25, 0.3) is 0 Å². The van der Waals surface area contributed by atoms with E-state index in [-0.39, 0.29) is 23.9 Å². The smallest absolute Gasteiger partial charge is 0.251 e. The van der Waals surface area contributed by atoms with Gasteiger partial charge < -0.3 is 16.8 Å². The highest BCUT2D eigenvalue weighted by Crippen LogP contribution is 2.28. The summed E-state index contributed by atoms with van der Waals surface area (Å²) >= 11 is 0. The van der Waals surface area contributed by atoms with Crippen LogP contribution in [-0.4, -0.2) is 23.9 Å². The van der Waals surface area contributed by atoms with Crippen LogP contribution in [0.15, 0.2) is 24.3 Å². The molecule has 20 heavy (non-hydrogen) atoms. The maximum atomic E-state index is 12.2. The minimum atomic E-state index is -0.538. The van der Waals surface area contributed by atoms with E-state index in [0.717, 1.165) is 25.7 Å². The highest BCUT2D eigenvalue weighted by Gasteiger charge is 2.34. The molecule has 110 valence electrons. The second-order valence-corrected chi connectivity index (χ2v) is 5.09. The molecule has 0 bridgehead atoms. The summed E-state index contributed by atoms with van der Waals surface area (Å²) in [5.74, 6) is -0.737. The van der Waals surface area contributed by atoms with Crippen molar-refractivity contribution in [2.75, 3.05) is 6.54 Å². The van der Waals surface area contributed by atoms with Gasteiger partial charge in [-0.05, 0) is 31.0 Å². The standard InChI is InChI=1S/C14H19N3O2.ClH/c15-9-14(6-1-2-7-14)17-13(19)11-5-3-4-10(8-11)12(16)18;/h3-5,8H,1-2,6-7,9,15H2,(H2,16,18)(H,17,19);1H. The lowest BCUT2D eigenvalue weighted by Crippen LogP contribution is -2.51. The Bertz CT molecular complexity index is 499. The Labute approximate surface area is 124 Å². The predicted octanol–water partition coefficient (Wildman–Crippen LogP) is 1.21. The molecule has 1 aromatic rings. The van der Waals surface area contributed by atoms with Gasteiger partial charge in [-0.25, -0.2) is 0 Å². The van der Waals surface area contributed by atoms with Gasteiger partial charge in [-0.2, -0.15) is 0 Å². The van der Waals surface area contributed by atoms with E-state index in [9.17, 15) is 9.59 Å². The minimum Gasteiger partial charge on any atom is -0.366 e. The van der Waals surface area contributed by atoms with Crippen LogP contribution < -0.4 is 16.8 Å². The number of amides is 2. The molecule has 5 nitrogen and oxygen atoms in total. The molecule has 0 atom stereocenters. The lowest BCUT2D eigenvalue weighted by molar-refractivity contribution is 0.0903. The second kappa shape index (κ2) is 6.72. The molecule has 5 N–H and O–H groups in total. The van der Waals surface area contributed by atoms with Gasteiger partial charge in [0, 0.05) is 17.7 Å². The molecular formula is C14H20ClN3O2. The Kier molecular flexibility index (Phi) is 5.53. The first-order valence-corrected chi connectivity index (χ1v) is 6.49. The predicted molar refractivity (Wildman–Crippen MR) is 79.9 cm³/mol. The number of benzene rings is 1. The monoisotopic (exact) mass is 297 g/mol. The van der Waals surface area contributed by atoms with Crippen LogP contribution in [0.2, 0.25) is 0 Å². The van der Waals surface area contributed by atoms with Gasteiger partial charge in [0.05, 0.1) is 5.54 Å². The van der Waals surface area contributed by atoms with E-state index >= 15 is 0 Å². The van der Waals surface area contributed by atoms with Gasteiger partial charge in [0.1, 0.15) is 0 Å². The van der Waals surface area contributed by atoms with Crippen LogP contribution >= 0.6 is 12.4 Å². The first kappa shape index (κ1) is 16.5. The first-order chi connectivity index (χ1) is 9.06. The zero-order valence-electron chi connectivity index (χ0n) is 11.2. The fourth-order valence-electron chi connectivity index (χ4n) is 2.56. The lowest BCUT2D eigenvalue weighted by Gasteiger charge is -2.28. The zero-order valence-corrected chi connectivity index (χ0v) is 12.0.